The Kier molecular flexibility index (Phi) is 3.66. The van der Waals surface area contributed by atoms with Crippen molar-refractivity contribution >= 4 is 15.9 Å². The average Bonchev–Trinajstić information content (AvgIpc) is 2.16. The highest BCUT2D eigenvalue weighted by atomic mass is 32.2. The van der Waals surface area contributed by atoms with Crippen LogP contribution in [0.4, 0.5) is 0 Å². The van der Waals surface area contributed by atoms with E-state index in [0.29, 0.717) is 5.56 Å². The molecular formula is C10H15N3O2S. The van der Waals surface area contributed by atoms with E-state index in [0.717, 1.165) is 11.8 Å². The molecule has 0 atom stereocenters. The summed E-state index contributed by atoms with van der Waals surface area (Å²) in [5.41, 5.74) is 6.75. The summed E-state index contributed by atoms with van der Waals surface area (Å²) in [6.07, 6.45) is 1.15. The molecule has 88 valence electrons. The topological polar surface area (TPSA) is 87.2 Å². The molecule has 0 bridgehead atoms. The maximum absolute atomic E-state index is 11.2. The van der Waals surface area contributed by atoms with Crippen LogP contribution in [-0.4, -0.2) is 31.9 Å². The van der Waals surface area contributed by atoms with E-state index in [2.05, 4.69) is 0 Å². The lowest BCUT2D eigenvalue weighted by atomic mass is 10.1. The Morgan fingerprint density at radius 2 is 2.12 bits per heavy atom. The third kappa shape index (κ3) is 3.32. The first-order chi connectivity index (χ1) is 7.30. The third-order valence-corrected chi connectivity index (χ3v) is 3.47. The standard InChI is InChI=1S/C10H15N3O2S/c1-13(16(2,14)15)7-8-4-3-5-9(6-8)10(11)12/h3-6H,7H2,1-2H3,(H3,11,12). The van der Waals surface area contributed by atoms with Gasteiger partial charge in [-0.25, -0.2) is 12.7 Å². The second-order valence-electron chi connectivity index (χ2n) is 3.63. The van der Waals surface area contributed by atoms with Crippen LogP contribution in [0.25, 0.3) is 0 Å². The Labute approximate surface area is 95.4 Å². The van der Waals surface area contributed by atoms with E-state index in [1.165, 1.54) is 11.4 Å². The highest BCUT2D eigenvalue weighted by Gasteiger charge is 2.11. The summed E-state index contributed by atoms with van der Waals surface area (Å²) in [5, 5.41) is 7.28. The Morgan fingerprint density at radius 3 is 2.62 bits per heavy atom. The molecule has 0 aromatic heterocycles. The first-order valence-electron chi connectivity index (χ1n) is 4.65. The number of nitrogens with two attached hydrogens (primary N) is 1. The normalized spacial score (nSPS) is 11.7. The minimum Gasteiger partial charge on any atom is -0.384 e. The Hall–Kier alpha value is -1.40. The summed E-state index contributed by atoms with van der Waals surface area (Å²) in [7, 11) is -1.68. The summed E-state index contributed by atoms with van der Waals surface area (Å²) >= 11 is 0. The van der Waals surface area contributed by atoms with Crippen molar-refractivity contribution in [1.82, 2.24) is 4.31 Å². The van der Waals surface area contributed by atoms with Crippen LogP contribution in [0, 0.1) is 5.41 Å². The van der Waals surface area contributed by atoms with Gasteiger partial charge in [0.2, 0.25) is 10.0 Å². The highest BCUT2D eigenvalue weighted by molar-refractivity contribution is 7.88. The van der Waals surface area contributed by atoms with Crippen molar-refractivity contribution in [3.63, 3.8) is 0 Å². The fraction of sp³-hybridized carbons (Fsp3) is 0.300. The van der Waals surface area contributed by atoms with E-state index in [-0.39, 0.29) is 12.4 Å². The largest absolute Gasteiger partial charge is 0.384 e. The zero-order valence-corrected chi connectivity index (χ0v) is 10.1. The van der Waals surface area contributed by atoms with E-state index in [1.54, 1.807) is 24.3 Å². The van der Waals surface area contributed by atoms with Crippen molar-refractivity contribution < 1.29 is 8.42 Å². The van der Waals surface area contributed by atoms with Gasteiger partial charge in [0.25, 0.3) is 0 Å². The van der Waals surface area contributed by atoms with Gasteiger partial charge in [-0.2, -0.15) is 0 Å². The van der Waals surface area contributed by atoms with Crippen molar-refractivity contribution in [1.29, 1.82) is 5.41 Å². The predicted molar refractivity (Wildman–Crippen MR) is 63.8 cm³/mol. The van der Waals surface area contributed by atoms with Gasteiger partial charge in [-0.1, -0.05) is 18.2 Å². The van der Waals surface area contributed by atoms with Gasteiger partial charge in [0, 0.05) is 19.2 Å². The van der Waals surface area contributed by atoms with Crippen molar-refractivity contribution in [2.75, 3.05) is 13.3 Å². The van der Waals surface area contributed by atoms with Crippen molar-refractivity contribution in [3.8, 4) is 0 Å². The molecule has 0 spiro atoms. The molecule has 0 heterocycles. The molecule has 0 aliphatic heterocycles. The van der Waals surface area contributed by atoms with E-state index in [9.17, 15) is 8.42 Å². The summed E-state index contributed by atoms with van der Waals surface area (Å²) in [5.74, 6) is -0.0242. The molecule has 0 aliphatic rings. The second-order valence-corrected chi connectivity index (χ2v) is 5.72. The molecule has 0 saturated carbocycles. The summed E-state index contributed by atoms with van der Waals surface area (Å²) in [4.78, 5) is 0. The van der Waals surface area contributed by atoms with Gasteiger partial charge in [0.05, 0.1) is 6.26 Å². The van der Waals surface area contributed by atoms with E-state index < -0.39 is 10.0 Å². The van der Waals surface area contributed by atoms with Gasteiger partial charge < -0.3 is 5.73 Å². The number of sulfonamides is 1. The van der Waals surface area contributed by atoms with Crippen LogP contribution in [-0.2, 0) is 16.6 Å². The molecule has 0 fully saturated rings. The first kappa shape index (κ1) is 12.7. The van der Waals surface area contributed by atoms with E-state index >= 15 is 0 Å². The number of nitrogens with zero attached hydrogens (tertiary/aromatic N) is 1. The molecule has 0 amide bonds. The number of benzene rings is 1. The molecule has 1 aromatic carbocycles. The van der Waals surface area contributed by atoms with Crippen LogP contribution < -0.4 is 5.73 Å². The van der Waals surface area contributed by atoms with Crippen LogP contribution in [0.3, 0.4) is 0 Å². The summed E-state index contributed by atoms with van der Waals surface area (Å²) in [6, 6.07) is 6.98. The molecule has 1 rings (SSSR count). The number of nitrogen functional groups attached to an aromatic ring is 1. The van der Waals surface area contributed by atoms with Gasteiger partial charge in [0.1, 0.15) is 5.84 Å². The van der Waals surface area contributed by atoms with Gasteiger partial charge in [0.15, 0.2) is 0 Å². The lowest BCUT2D eigenvalue weighted by Crippen LogP contribution is -2.25. The molecule has 0 aliphatic carbocycles. The molecule has 6 heteroatoms. The van der Waals surface area contributed by atoms with Gasteiger partial charge in [-0.05, 0) is 11.6 Å². The van der Waals surface area contributed by atoms with Crippen LogP contribution >= 0.6 is 0 Å². The average molecular weight is 241 g/mol. The third-order valence-electron chi connectivity index (χ3n) is 2.21. The highest BCUT2D eigenvalue weighted by Crippen LogP contribution is 2.08. The second kappa shape index (κ2) is 4.63. The monoisotopic (exact) mass is 241 g/mol. The minimum atomic E-state index is -3.19. The molecule has 16 heavy (non-hydrogen) atoms. The van der Waals surface area contributed by atoms with Gasteiger partial charge >= 0.3 is 0 Å². The molecule has 0 saturated heterocycles. The number of rotatable bonds is 4. The van der Waals surface area contributed by atoms with E-state index in [4.69, 9.17) is 11.1 Å². The Morgan fingerprint density at radius 1 is 1.50 bits per heavy atom. The first-order valence-corrected chi connectivity index (χ1v) is 6.50. The van der Waals surface area contributed by atoms with Gasteiger partial charge in [-0.15, -0.1) is 0 Å². The minimum absolute atomic E-state index is 0.0242. The smallest absolute Gasteiger partial charge is 0.211 e. The van der Waals surface area contributed by atoms with Crippen LogP contribution in [0.5, 0.6) is 0 Å². The molecule has 1 aromatic rings. The number of hydrogen-bond acceptors (Lipinski definition) is 3. The lowest BCUT2D eigenvalue weighted by Gasteiger charge is -2.14. The summed E-state index contributed by atoms with van der Waals surface area (Å²) in [6.45, 7) is 0.278. The van der Waals surface area contributed by atoms with Crippen molar-refractivity contribution in [3.05, 3.63) is 35.4 Å². The van der Waals surface area contributed by atoms with Crippen molar-refractivity contribution in [2.24, 2.45) is 5.73 Å². The molecule has 5 nitrogen and oxygen atoms in total. The van der Waals surface area contributed by atoms with Gasteiger partial charge in [-0.3, -0.25) is 5.41 Å². The SMILES string of the molecule is CN(Cc1cccc(C(=N)N)c1)S(C)(=O)=O. The van der Waals surface area contributed by atoms with E-state index in [1.807, 2.05) is 0 Å². The fourth-order valence-corrected chi connectivity index (χ4v) is 1.60. The molecular weight excluding hydrogens is 226 g/mol. The fourth-order valence-electron chi connectivity index (χ4n) is 1.21. The maximum atomic E-state index is 11.2. The van der Waals surface area contributed by atoms with Crippen molar-refractivity contribution in [2.45, 2.75) is 6.54 Å². The van der Waals surface area contributed by atoms with Crippen LogP contribution in [0.1, 0.15) is 11.1 Å². The number of amidine groups is 1. The summed E-state index contributed by atoms with van der Waals surface area (Å²) < 4.78 is 23.7. The Bertz CT molecular complexity index is 497. The molecule has 3 N–H and O–H groups in total. The number of nitrogens with one attached hydrogen (secondary N) is 1. The Balaban J connectivity index is 2.90. The molecule has 0 unspecified atom stereocenters. The predicted octanol–water partition coefficient (Wildman–Crippen LogP) is 0.362. The van der Waals surface area contributed by atoms with Crippen LogP contribution in [0.2, 0.25) is 0 Å². The quantitative estimate of drug-likeness (QED) is 0.589. The lowest BCUT2D eigenvalue weighted by molar-refractivity contribution is 0.472. The number of hydrogen-bond donors (Lipinski definition) is 2. The zero-order chi connectivity index (χ0) is 12.3. The van der Waals surface area contributed by atoms with Crippen LogP contribution in [0.15, 0.2) is 24.3 Å². The molecule has 0 radical (unpaired) electrons. The maximum Gasteiger partial charge on any atom is 0.211 e. The zero-order valence-electron chi connectivity index (χ0n) is 9.27.